The number of para-hydroxylation sites is 1. The number of aryl methyl sites for hydroxylation is 1. The Morgan fingerprint density at radius 3 is 2.52 bits per heavy atom. The van der Waals surface area contributed by atoms with Crippen molar-refractivity contribution in [3.05, 3.63) is 74.3 Å². The Hall–Kier alpha value is -2.33. The molecule has 3 rings (SSSR count). The van der Waals surface area contributed by atoms with Crippen molar-refractivity contribution in [1.82, 2.24) is 4.57 Å². The van der Waals surface area contributed by atoms with Gasteiger partial charge in [-0.3, -0.25) is 9.36 Å². The van der Waals surface area contributed by atoms with Gasteiger partial charge in [0.1, 0.15) is 5.52 Å². The smallest absolute Gasteiger partial charge is 0.324 e. The molecule has 0 amide bonds. The molecule has 0 radical (unpaired) electrons. The zero-order chi connectivity index (χ0) is 16.7. The Balaban J connectivity index is 2.56. The average molecular weight is 329 g/mol. The average Bonchev–Trinajstić information content (AvgIpc) is 2.48. The highest BCUT2D eigenvalue weighted by Crippen LogP contribution is 2.22. The molecular weight excluding hydrogens is 312 g/mol. The van der Waals surface area contributed by atoms with Crippen molar-refractivity contribution in [2.75, 3.05) is 0 Å². The molecule has 0 aliphatic rings. The van der Waals surface area contributed by atoms with Gasteiger partial charge < -0.3 is 5.21 Å². The van der Waals surface area contributed by atoms with Gasteiger partial charge in [0.25, 0.3) is 5.69 Å². The molecule has 1 heterocycles. The number of halogens is 1. The lowest BCUT2D eigenvalue weighted by Crippen LogP contribution is -2.44. The highest BCUT2D eigenvalue weighted by atomic mass is 35.5. The molecule has 23 heavy (non-hydrogen) atoms. The van der Waals surface area contributed by atoms with Crippen LogP contribution in [0.1, 0.15) is 31.0 Å². The molecule has 1 aromatic heterocycles. The minimum Gasteiger partial charge on any atom is -0.618 e. The minimum absolute atomic E-state index is 0.185. The van der Waals surface area contributed by atoms with E-state index >= 15 is 0 Å². The first kappa shape index (κ1) is 15.6. The monoisotopic (exact) mass is 328 g/mol. The third kappa shape index (κ3) is 2.49. The van der Waals surface area contributed by atoms with Crippen LogP contribution in [0.2, 0.25) is 5.02 Å². The van der Waals surface area contributed by atoms with Gasteiger partial charge in [0.2, 0.25) is 5.52 Å². The minimum atomic E-state index is -0.306. The van der Waals surface area contributed by atoms with Crippen molar-refractivity contribution in [2.45, 2.75) is 26.7 Å². The Morgan fingerprint density at radius 1 is 1.17 bits per heavy atom. The van der Waals surface area contributed by atoms with Crippen LogP contribution in [0.5, 0.6) is 0 Å². The van der Waals surface area contributed by atoms with Gasteiger partial charge in [0, 0.05) is 17.0 Å². The topological polar surface area (TPSA) is 48.9 Å². The molecule has 4 nitrogen and oxygen atoms in total. The Kier molecular flexibility index (Phi) is 3.86. The molecule has 0 atom stereocenters. The van der Waals surface area contributed by atoms with Crippen molar-refractivity contribution < 1.29 is 4.73 Å². The molecule has 3 aromatic rings. The first-order chi connectivity index (χ1) is 10.9. The molecule has 118 valence electrons. The van der Waals surface area contributed by atoms with Crippen LogP contribution in [0.25, 0.3) is 16.7 Å². The number of hydrogen-bond donors (Lipinski definition) is 0. The number of hydrogen-bond acceptors (Lipinski definition) is 2. The fourth-order valence-corrected chi connectivity index (χ4v) is 2.99. The molecule has 0 N–H and O–H groups in total. The molecule has 0 bridgehead atoms. The van der Waals surface area contributed by atoms with E-state index in [0.717, 1.165) is 16.0 Å². The van der Waals surface area contributed by atoms with Crippen LogP contribution in [-0.2, 0) is 0 Å². The third-order valence-electron chi connectivity index (χ3n) is 3.94. The molecule has 0 fully saturated rings. The summed E-state index contributed by atoms with van der Waals surface area (Å²) in [5.41, 5.74) is 2.57. The van der Waals surface area contributed by atoms with Gasteiger partial charge in [-0.05, 0) is 30.7 Å². The second-order valence-corrected chi connectivity index (χ2v) is 6.33. The van der Waals surface area contributed by atoms with Gasteiger partial charge in [-0.15, -0.1) is 0 Å². The summed E-state index contributed by atoms with van der Waals surface area (Å²) in [7, 11) is 0. The number of rotatable bonds is 2. The molecular formula is C18H17ClN2O2. The molecule has 5 heteroatoms. The number of nitrogens with zero attached hydrogens (tertiary/aromatic N) is 2. The Morgan fingerprint density at radius 2 is 1.87 bits per heavy atom. The summed E-state index contributed by atoms with van der Waals surface area (Å²) in [4.78, 5) is 13.0. The van der Waals surface area contributed by atoms with Crippen LogP contribution in [0.3, 0.4) is 0 Å². The van der Waals surface area contributed by atoms with E-state index in [1.807, 2.05) is 45.0 Å². The standard InChI is InChI=1S/C18H17ClN2O2/c1-11(2)17-18(22)20(14-7-5-4-6-12(14)3)16-10-13(19)8-9-15(16)21(17)23/h4-11H,1-3H3. The second-order valence-electron chi connectivity index (χ2n) is 5.89. The highest BCUT2D eigenvalue weighted by molar-refractivity contribution is 6.31. The Labute approximate surface area is 139 Å². The molecule has 0 aliphatic carbocycles. The van der Waals surface area contributed by atoms with Crippen molar-refractivity contribution in [3.8, 4) is 5.69 Å². The van der Waals surface area contributed by atoms with Gasteiger partial charge in [-0.25, -0.2) is 0 Å². The predicted molar refractivity (Wildman–Crippen MR) is 92.3 cm³/mol. The highest BCUT2D eigenvalue weighted by Gasteiger charge is 2.24. The van der Waals surface area contributed by atoms with Gasteiger partial charge in [0.05, 0.1) is 5.69 Å². The fourth-order valence-electron chi connectivity index (χ4n) is 2.82. The third-order valence-corrected chi connectivity index (χ3v) is 4.18. The van der Waals surface area contributed by atoms with Gasteiger partial charge in [0.15, 0.2) is 0 Å². The lowest BCUT2D eigenvalue weighted by molar-refractivity contribution is -0.588. The van der Waals surface area contributed by atoms with Crippen molar-refractivity contribution in [3.63, 3.8) is 0 Å². The summed E-state index contributed by atoms with van der Waals surface area (Å²) < 4.78 is 2.31. The van der Waals surface area contributed by atoms with E-state index in [1.165, 1.54) is 0 Å². The Bertz CT molecular complexity index is 961. The zero-order valence-corrected chi connectivity index (χ0v) is 14.0. The van der Waals surface area contributed by atoms with E-state index in [4.69, 9.17) is 11.6 Å². The summed E-state index contributed by atoms with van der Waals surface area (Å²) in [5.74, 6) is -0.185. The summed E-state index contributed by atoms with van der Waals surface area (Å²) in [6, 6.07) is 12.6. The second kappa shape index (κ2) is 5.70. The number of fused-ring (bicyclic) bond motifs is 1. The van der Waals surface area contributed by atoms with E-state index in [2.05, 4.69) is 0 Å². The van der Waals surface area contributed by atoms with Crippen molar-refractivity contribution in [2.24, 2.45) is 0 Å². The van der Waals surface area contributed by atoms with Crippen LogP contribution in [0.15, 0.2) is 47.3 Å². The van der Waals surface area contributed by atoms with Gasteiger partial charge in [-0.1, -0.05) is 43.6 Å². The van der Waals surface area contributed by atoms with Crippen LogP contribution in [-0.4, -0.2) is 4.57 Å². The SMILES string of the molecule is Cc1ccccc1-n1c(=O)c(C(C)C)[n+]([O-])c2ccc(Cl)cc21. The summed E-state index contributed by atoms with van der Waals surface area (Å²) in [6.07, 6.45) is 0. The molecule has 0 spiro atoms. The van der Waals surface area contributed by atoms with Gasteiger partial charge in [-0.2, -0.15) is 4.73 Å². The van der Waals surface area contributed by atoms with E-state index in [1.54, 1.807) is 22.8 Å². The normalized spacial score (nSPS) is 11.3. The maximum atomic E-state index is 13.0. The summed E-state index contributed by atoms with van der Waals surface area (Å²) >= 11 is 6.10. The van der Waals surface area contributed by atoms with Gasteiger partial charge >= 0.3 is 5.56 Å². The maximum Gasteiger partial charge on any atom is 0.324 e. The summed E-state index contributed by atoms with van der Waals surface area (Å²) in [5, 5.41) is 13.1. The van der Waals surface area contributed by atoms with E-state index in [9.17, 15) is 10.0 Å². The van der Waals surface area contributed by atoms with E-state index in [0.29, 0.717) is 16.1 Å². The van der Waals surface area contributed by atoms with Crippen LogP contribution < -0.4 is 10.3 Å². The molecule has 0 aliphatic heterocycles. The van der Waals surface area contributed by atoms with E-state index in [-0.39, 0.29) is 17.2 Å². The quantitative estimate of drug-likeness (QED) is 0.532. The zero-order valence-electron chi connectivity index (χ0n) is 13.2. The molecule has 0 saturated carbocycles. The van der Waals surface area contributed by atoms with E-state index < -0.39 is 0 Å². The first-order valence-electron chi connectivity index (χ1n) is 7.45. The fraction of sp³-hybridized carbons (Fsp3) is 0.222. The van der Waals surface area contributed by atoms with Crippen molar-refractivity contribution in [1.29, 1.82) is 0 Å². The molecule has 0 unspecified atom stereocenters. The number of aromatic nitrogens is 2. The number of benzene rings is 2. The lowest BCUT2D eigenvalue weighted by atomic mass is 10.1. The predicted octanol–water partition coefficient (Wildman–Crippen LogP) is 3.71. The van der Waals surface area contributed by atoms with Crippen LogP contribution in [0.4, 0.5) is 0 Å². The first-order valence-corrected chi connectivity index (χ1v) is 7.83. The maximum absolute atomic E-state index is 13.0. The van der Waals surface area contributed by atoms with Crippen molar-refractivity contribution >= 4 is 22.6 Å². The molecule has 0 saturated heterocycles. The molecule has 2 aromatic carbocycles. The lowest BCUT2D eigenvalue weighted by Gasteiger charge is -2.16. The largest absolute Gasteiger partial charge is 0.618 e. The van der Waals surface area contributed by atoms with Crippen LogP contribution in [0, 0.1) is 12.1 Å². The van der Waals surface area contributed by atoms with Crippen LogP contribution >= 0.6 is 11.6 Å². The summed E-state index contributed by atoms with van der Waals surface area (Å²) in [6.45, 7) is 5.62.